The van der Waals surface area contributed by atoms with Gasteiger partial charge in [0.25, 0.3) is 0 Å². The van der Waals surface area contributed by atoms with Crippen molar-refractivity contribution in [3.8, 4) is 0 Å². The zero-order valence-corrected chi connectivity index (χ0v) is 14.1. The molecule has 2 aromatic carbocycles. The maximum atomic E-state index is 7.04. The Morgan fingerprint density at radius 1 is 0.737 bits per heavy atom. The van der Waals surface area contributed by atoms with Gasteiger partial charge in [0.15, 0.2) is 0 Å². The summed E-state index contributed by atoms with van der Waals surface area (Å²) in [7, 11) is -2.12. The lowest BCUT2D eigenvalue weighted by Crippen LogP contribution is -2.52. The third-order valence-corrected chi connectivity index (χ3v) is 8.14. The van der Waals surface area contributed by atoms with Gasteiger partial charge in [-0.3, -0.25) is 0 Å². The van der Waals surface area contributed by atoms with Crippen molar-refractivity contribution in [3.63, 3.8) is 0 Å². The van der Waals surface area contributed by atoms with Crippen molar-refractivity contribution in [2.24, 2.45) is 0 Å². The number of aryl methyl sites for hydroxylation is 4. The summed E-state index contributed by atoms with van der Waals surface area (Å²) in [5, 5.41) is 2.65. The van der Waals surface area contributed by atoms with Gasteiger partial charge in [-0.15, -0.1) is 0 Å². The normalized spacial score (nSPS) is 11.7. The molecule has 0 atom stereocenters. The van der Waals surface area contributed by atoms with Crippen LogP contribution in [0.25, 0.3) is 0 Å². The van der Waals surface area contributed by atoms with Gasteiger partial charge >= 0.3 is 0 Å². The molecule has 2 heteroatoms. The zero-order valence-electron chi connectivity index (χ0n) is 12.3. The second-order valence-electron chi connectivity index (χ2n) is 5.64. The first-order valence-electron chi connectivity index (χ1n) is 6.67. The Hall–Kier alpha value is -1.05. The number of halogens is 1. The SMILES string of the molecule is Cc1ccc([Si](C)(Cl)c2ccc(C)cc2C)c(C)c1. The highest BCUT2D eigenvalue weighted by Gasteiger charge is 2.32. The second kappa shape index (κ2) is 5.14. The Morgan fingerprint density at radius 3 is 1.42 bits per heavy atom. The molecule has 0 nitrogen and oxygen atoms in total. The van der Waals surface area contributed by atoms with Crippen molar-refractivity contribution in [3.05, 3.63) is 58.7 Å². The van der Waals surface area contributed by atoms with E-state index in [1.165, 1.54) is 32.6 Å². The molecule has 0 N–H and O–H groups in total. The minimum absolute atomic E-state index is 1.29. The molecule has 0 unspecified atom stereocenters. The lowest BCUT2D eigenvalue weighted by Gasteiger charge is -2.25. The van der Waals surface area contributed by atoms with Gasteiger partial charge in [-0.2, -0.15) is 11.1 Å². The van der Waals surface area contributed by atoms with Crippen LogP contribution in [0.3, 0.4) is 0 Å². The van der Waals surface area contributed by atoms with Gasteiger partial charge in [-0.25, -0.2) is 0 Å². The summed E-state index contributed by atoms with van der Waals surface area (Å²) in [5.41, 5.74) is 5.21. The van der Waals surface area contributed by atoms with Crippen molar-refractivity contribution in [2.45, 2.75) is 34.2 Å². The van der Waals surface area contributed by atoms with E-state index in [0.29, 0.717) is 0 Å². The predicted octanol–water partition coefficient (Wildman–Crippen LogP) is 3.85. The first-order valence-corrected chi connectivity index (χ1v) is 10.2. The molecule has 0 spiro atoms. The number of benzene rings is 2. The van der Waals surface area contributed by atoms with Crippen LogP contribution >= 0.6 is 11.1 Å². The Bertz CT molecular complexity index is 561. The first-order chi connectivity index (χ1) is 8.82. The average Bonchev–Trinajstić information content (AvgIpc) is 2.27. The first kappa shape index (κ1) is 14.4. The molecule has 0 aliphatic carbocycles. The maximum Gasteiger partial charge on any atom is 0.214 e. The van der Waals surface area contributed by atoms with Crippen molar-refractivity contribution < 1.29 is 0 Å². The highest BCUT2D eigenvalue weighted by molar-refractivity contribution is 7.33. The third-order valence-electron chi connectivity index (χ3n) is 3.78. The molecule has 2 aromatic rings. The third kappa shape index (κ3) is 2.77. The zero-order chi connectivity index (χ0) is 14.2. The maximum absolute atomic E-state index is 7.04. The van der Waals surface area contributed by atoms with Crippen LogP contribution in [0.15, 0.2) is 36.4 Å². The van der Waals surface area contributed by atoms with E-state index in [-0.39, 0.29) is 0 Å². The summed E-state index contributed by atoms with van der Waals surface area (Å²) in [5.74, 6) is 0. The van der Waals surface area contributed by atoms with Gasteiger partial charge in [0.05, 0.1) is 0 Å². The largest absolute Gasteiger partial charge is 0.214 e. The monoisotopic (exact) mass is 288 g/mol. The molecule has 0 heterocycles. The highest BCUT2D eigenvalue weighted by atomic mass is 35.6. The molecule has 0 fully saturated rings. The van der Waals surface area contributed by atoms with E-state index in [1.54, 1.807) is 0 Å². The molecule has 0 amide bonds. The van der Waals surface area contributed by atoms with Crippen molar-refractivity contribution in [1.29, 1.82) is 0 Å². The fourth-order valence-corrected chi connectivity index (χ4v) is 6.81. The smallest absolute Gasteiger partial charge is 0.155 e. The Labute approximate surface area is 122 Å². The Kier molecular flexibility index (Phi) is 3.89. The van der Waals surface area contributed by atoms with E-state index in [1.807, 2.05) is 0 Å². The van der Waals surface area contributed by atoms with Crippen LogP contribution in [0.5, 0.6) is 0 Å². The van der Waals surface area contributed by atoms with Crippen LogP contribution < -0.4 is 10.4 Å². The van der Waals surface area contributed by atoms with Gasteiger partial charge in [-0.1, -0.05) is 58.7 Å². The van der Waals surface area contributed by atoms with Crippen molar-refractivity contribution in [1.82, 2.24) is 0 Å². The Balaban J connectivity index is 2.58. The molecule has 0 radical (unpaired) electrons. The molecule has 0 saturated carbocycles. The summed E-state index contributed by atoms with van der Waals surface area (Å²) < 4.78 is 0. The standard InChI is InChI=1S/C17H21ClSi/c1-12-6-8-16(14(3)10-12)19(5,18)17-9-7-13(2)11-15(17)4/h6-11H,1-5H3. The molecule has 0 aliphatic rings. The lowest BCUT2D eigenvalue weighted by molar-refractivity contribution is 1.39. The van der Waals surface area contributed by atoms with Crippen LogP contribution in [0, 0.1) is 27.7 Å². The van der Waals surface area contributed by atoms with Crippen LogP contribution in [-0.4, -0.2) is 7.38 Å². The van der Waals surface area contributed by atoms with Crippen molar-refractivity contribution >= 4 is 28.8 Å². The lowest BCUT2D eigenvalue weighted by atomic mass is 10.1. The number of hydrogen-bond donors (Lipinski definition) is 0. The predicted molar refractivity (Wildman–Crippen MR) is 88.6 cm³/mol. The molecular formula is C17H21ClSi. The fourth-order valence-electron chi connectivity index (χ4n) is 2.83. The van der Waals surface area contributed by atoms with Crippen LogP contribution in [0.1, 0.15) is 22.3 Å². The van der Waals surface area contributed by atoms with E-state index in [2.05, 4.69) is 70.6 Å². The summed E-state index contributed by atoms with van der Waals surface area (Å²) in [4.78, 5) is 0. The van der Waals surface area contributed by atoms with Gasteiger partial charge < -0.3 is 0 Å². The fraction of sp³-hybridized carbons (Fsp3) is 0.294. The molecular weight excluding hydrogens is 268 g/mol. The quantitative estimate of drug-likeness (QED) is 0.582. The van der Waals surface area contributed by atoms with E-state index in [0.717, 1.165) is 0 Å². The van der Waals surface area contributed by atoms with E-state index >= 15 is 0 Å². The van der Waals surface area contributed by atoms with Gasteiger partial charge in [0, 0.05) is 0 Å². The van der Waals surface area contributed by atoms with Gasteiger partial charge in [0.1, 0.15) is 0 Å². The van der Waals surface area contributed by atoms with E-state index in [4.69, 9.17) is 11.1 Å². The molecule has 2 rings (SSSR count). The molecule has 0 aliphatic heterocycles. The summed E-state index contributed by atoms with van der Waals surface area (Å²) in [6.07, 6.45) is 0. The molecule has 0 bridgehead atoms. The minimum Gasteiger partial charge on any atom is -0.155 e. The highest BCUT2D eigenvalue weighted by Crippen LogP contribution is 2.16. The van der Waals surface area contributed by atoms with Crippen molar-refractivity contribution in [2.75, 3.05) is 0 Å². The summed E-state index contributed by atoms with van der Waals surface area (Å²) in [6.45, 7) is 10.8. The summed E-state index contributed by atoms with van der Waals surface area (Å²) in [6, 6.07) is 13.2. The van der Waals surface area contributed by atoms with Crippen LogP contribution in [-0.2, 0) is 0 Å². The van der Waals surface area contributed by atoms with Crippen LogP contribution in [0.4, 0.5) is 0 Å². The summed E-state index contributed by atoms with van der Waals surface area (Å²) >= 11 is 7.04. The Morgan fingerprint density at radius 2 is 1.11 bits per heavy atom. The second-order valence-corrected chi connectivity index (χ2v) is 11.0. The molecule has 19 heavy (non-hydrogen) atoms. The molecule has 0 saturated heterocycles. The van der Waals surface area contributed by atoms with E-state index in [9.17, 15) is 0 Å². The topological polar surface area (TPSA) is 0 Å². The minimum atomic E-state index is -2.12. The molecule has 0 aromatic heterocycles. The number of hydrogen-bond acceptors (Lipinski definition) is 0. The van der Waals surface area contributed by atoms with E-state index < -0.39 is 7.38 Å². The average molecular weight is 289 g/mol. The number of rotatable bonds is 2. The van der Waals surface area contributed by atoms with Gasteiger partial charge in [0.2, 0.25) is 7.38 Å². The van der Waals surface area contributed by atoms with Crippen LogP contribution in [0.2, 0.25) is 6.55 Å². The van der Waals surface area contributed by atoms with Gasteiger partial charge in [-0.05, 0) is 44.6 Å². The molecule has 100 valence electrons.